The number of likely N-dealkylation sites (N-methyl/N-ethyl adjacent to an activating group) is 2. The van der Waals surface area contributed by atoms with Crippen LogP contribution in [0.25, 0.3) is 10.9 Å². The predicted molar refractivity (Wildman–Crippen MR) is 71.1 cm³/mol. The Morgan fingerprint density at radius 2 is 2.18 bits per heavy atom. The van der Waals surface area contributed by atoms with E-state index >= 15 is 0 Å². The van der Waals surface area contributed by atoms with Crippen molar-refractivity contribution in [3.63, 3.8) is 0 Å². The molecule has 0 bridgehead atoms. The Morgan fingerprint density at radius 3 is 2.82 bits per heavy atom. The Labute approximate surface area is 102 Å². The highest BCUT2D eigenvalue weighted by atomic mass is 15.2. The van der Waals surface area contributed by atoms with E-state index in [1.807, 2.05) is 25.0 Å². The van der Waals surface area contributed by atoms with Crippen molar-refractivity contribution in [2.45, 2.75) is 6.04 Å². The number of nitrogens with one attached hydrogen (secondary N) is 1. The molecular formula is C13H20N4. The maximum absolute atomic E-state index is 4.27. The third-order valence-corrected chi connectivity index (χ3v) is 3.07. The molecule has 1 aromatic carbocycles. The number of hydrogen-bond donors (Lipinski definition) is 1. The van der Waals surface area contributed by atoms with E-state index in [0.29, 0.717) is 6.04 Å². The first kappa shape index (κ1) is 12.1. The van der Waals surface area contributed by atoms with E-state index in [9.17, 15) is 0 Å². The van der Waals surface area contributed by atoms with Gasteiger partial charge in [-0.25, -0.2) is 0 Å². The van der Waals surface area contributed by atoms with E-state index in [2.05, 4.69) is 47.6 Å². The van der Waals surface area contributed by atoms with Crippen molar-refractivity contribution < 1.29 is 0 Å². The van der Waals surface area contributed by atoms with Gasteiger partial charge in [0.2, 0.25) is 0 Å². The number of aryl methyl sites for hydroxylation is 1. The highest BCUT2D eigenvalue weighted by Crippen LogP contribution is 2.20. The molecule has 0 saturated heterocycles. The van der Waals surface area contributed by atoms with Gasteiger partial charge in [0.05, 0.1) is 11.7 Å². The first-order valence-electron chi connectivity index (χ1n) is 5.85. The molecule has 2 rings (SSSR count). The molecule has 17 heavy (non-hydrogen) atoms. The van der Waals surface area contributed by atoms with E-state index in [1.165, 1.54) is 16.5 Å². The monoisotopic (exact) mass is 232 g/mol. The summed E-state index contributed by atoms with van der Waals surface area (Å²) in [7, 11) is 8.15. The second kappa shape index (κ2) is 4.85. The number of rotatable bonds is 4. The lowest BCUT2D eigenvalue weighted by atomic mass is 10.0. The quantitative estimate of drug-likeness (QED) is 0.865. The summed E-state index contributed by atoms with van der Waals surface area (Å²) in [5.74, 6) is 0. The zero-order valence-corrected chi connectivity index (χ0v) is 10.9. The molecule has 2 aromatic rings. The number of hydrogen-bond acceptors (Lipinski definition) is 3. The van der Waals surface area contributed by atoms with E-state index in [-0.39, 0.29) is 0 Å². The predicted octanol–water partition coefficient (Wildman–Crippen LogP) is 1.40. The van der Waals surface area contributed by atoms with Crippen LogP contribution in [0.4, 0.5) is 0 Å². The lowest BCUT2D eigenvalue weighted by molar-refractivity contribution is 0.353. The van der Waals surface area contributed by atoms with Gasteiger partial charge in [-0.2, -0.15) is 5.10 Å². The fourth-order valence-corrected chi connectivity index (χ4v) is 2.13. The molecule has 0 radical (unpaired) electrons. The highest BCUT2D eigenvalue weighted by molar-refractivity contribution is 5.79. The second-order valence-electron chi connectivity index (χ2n) is 4.69. The molecule has 0 spiro atoms. The fourth-order valence-electron chi connectivity index (χ4n) is 2.13. The van der Waals surface area contributed by atoms with Crippen molar-refractivity contribution in [1.82, 2.24) is 20.0 Å². The van der Waals surface area contributed by atoms with Crippen molar-refractivity contribution in [3.8, 4) is 0 Å². The van der Waals surface area contributed by atoms with Gasteiger partial charge in [-0.1, -0.05) is 6.07 Å². The van der Waals surface area contributed by atoms with Gasteiger partial charge in [0.25, 0.3) is 0 Å². The van der Waals surface area contributed by atoms with Crippen molar-refractivity contribution in [1.29, 1.82) is 0 Å². The third-order valence-electron chi connectivity index (χ3n) is 3.07. The van der Waals surface area contributed by atoms with Crippen molar-refractivity contribution in [3.05, 3.63) is 30.0 Å². The molecule has 0 fully saturated rings. The van der Waals surface area contributed by atoms with Gasteiger partial charge in [0, 0.05) is 25.0 Å². The van der Waals surface area contributed by atoms with E-state index in [1.54, 1.807) is 0 Å². The number of benzene rings is 1. The van der Waals surface area contributed by atoms with E-state index in [0.717, 1.165) is 6.54 Å². The molecule has 1 heterocycles. The van der Waals surface area contributed by atoms with Crippen LogP contribution in [0.15, 0.2) is 24.4 Å². The molecule has 1 unspecified atom stereocenters. The molecule has 0 amide bonds. The Kier molecular flexibility index (Phi) is 3.45. The van der Waals surface area contributed by atoms with Crippen LogP contribution in [-0.2, 0) is 7.05 Å². The SMILES string of the molecule is CNC(CN(C)C)c1ccc2c(cnn2C)c1. The summed E-state index contributed by atoms with van der Waals surface area (Å²) in [6.45, 7) is 0.988. The molecule has 0 aliphatic rings. The standard InChI is InChI=1S/C13H20N4/c1-14-12(9-16(2)3)10-5-6-13-11(7-10)8-15-17(13)4/h5-8,12,14H,9H2,1-4H3. The van der Waals surface area contributed by atoms with Crippen LogP contribution < -0.4 is 5.32 Å². The lowest BCUT2D eigenvalue weighted by Gasteiger charge is -2.21. The minimum absolute atomic E-state index is 0.356. The zero-order chi connectivity index (χ0) is 12.4. The molecule has 0 saturated carbocycles. The largest absolute Gasteiger partial charge is 0.312 e. The minimum Gasteiger partial charge on any atom is -0.312 e. The van der Waals surface area contributed by atoms with Crippen LogP contribution in [0.5, 0.6) is 0 Å². The Bertz CT molecular complexity index is 501. The molecule has 1 aromatic heterocycles. The van der Waals surface area contributed by atoms with Gasteiger partial charge in [-0.05, 0) is 38.8 Å². The van der Waals surface area contributed by atoms with Gasteiger partial charge in [0.15, 0.2) is 0 Å². The Hall–Kier alpha value is -1.39. The summed E-state index contributed by atoms with van der Waals surface area (Å²) >= 11 is 0. The van der Waals surface area contributed by atoms with Gasteiger partial charge in [-0.3, -0.25) is 4.68 Å². The van der Waals surface area contributed by atoms with Crippen LogP contribution in [0.3, 0.4) is 0 Å². The average Bonchev–Trinajstić information content (AvgIpc) is 2.67. The summed E-state index contributed by atoms with van der Waals surface area (Å²) in [4.78, 5) is 2.19. The van der Waals surface area contributed by atoms with Crippen LogP contribution in [0.2, 0.25) is 0 Å². The maximum atomic E-state index is 4.27. The van der Waals surface area contributed by atoms with Crippen LogP contribution in [0.1, 0.15) is 11.6 Å². The summed E-state index contributed by atoms with van der Waals surface area (Å²) < 4.78 is 1.90. The molecule has 0 aliphatic heterocycles. The summed E-state index contributed by atoms with van der Waals surface area (Å²) in [5.41, 5.74) is 2.48. The Balaban J connectivity index is 2.34. The van der Waals surface area contributed by atoms with Gasteiger partial charge < -0.3 is 10.2 Å². The second-order valence-corrected chi connectivity index (χ2v) is 4.69. The molecule has 92 valence electrons. The molecule has 0 aliphatic carbocycles. The third kappa shape index (κ3) is 2.48. The zero-order valence-electron chi connectivity index (χ0n) is 10.9. The molecular weight excluding hydrogens is 212 g/mol. The van der Waals surface area contributed by atoms with Crippen LogP contribution >= 0.6 is 0 Å². The van der Waals surface area contributed by atoms with E-state index < -0.39 is 0 Å². The topological polar surface area (TPSA) is 33.1 Å². The molecule has 4 heteroatoms. The van der Waals surface area contributed by atoms with Crippen molar-refractivity contribution >= 4 is 10.9 Å². The maximum Gasteiger partial charge on any atom is 0.0679 e. The Morgan fingerprint density at radius 1 is 1.41 bits per heavy atom. The van der Waals surface area contributed by atoms with Gasteiger partial charge in [0.1, 0.15) is 0 Å². The summed E-state index contributed by atoms with van der Waals surface area (Å²) in [6.07, 6.45) is 1.92. The summed E-state index contributed by atoms with van der Waals surface area (Å²) in [6, 6.07) is 6.88. The van der Waals surface area contributed by atoms with E-state index in [4.69, 9.17) is 0 Å². The fraction of sp³-hybridized carbons (Fsp3) is 0.462. The first-order chi connectivity index (χ1) is 8.11. The van der Waals surface area contributed by atoms with Crippen LogP contribution in [-0.4, -0.2) is 42.4 Å². The number of fused-ring (bicyclic) bond motifs is 1. The van der Waals surface area contributed by atoms with Crippen molar-refractivity contribution in [2.75, 3.05) is 27.7 Å². The minimum atomic E-state index is 0.356. The summed E-state index contributed by atoms with van der Waals surface area (Å²) in [5, 5.41) is 8.82. The normalized spacial score (nSPS) is 13.5. The highest BCUT2D eigenvalue weighted by Gasteiger charge is 2.11. The first-order valence-corrected chi connectivity index (χ1v) is 5.85. The molecule has 4 nitrogen and oxygen atoms in total. The smallest absolute Gasteiger partial charge is 0.0679 e. The number of aromatic nitrogens is 2. The lowest BCUT2D eigenvalue weighted by Crippen LogP contribution is -2.28. The molecule has 1 atom stereocenters. The molecule has 1 N–H and O–H groups in total. The van der Waals surface area contributed by atoms with Gasteiger partial charge >= 0.3 is 0 Å². The van der Waals surface area contributed by atoms with Crippen LogP contribution in [0, 0.1) is 0 Å². The number of nitrogens with zero attached hydrogens (tertiary/aromatic N) is 3. The average molecular weight is 232 g/mol. The van der Waals surface area contributed by atoms with Crippen molar-refractivity contribution in [2.24, 2.45) is 7.05 Å². The van der Waals surface area contributed by atoms with Gasteiger partial charge in [-0.15, -0.1) is 0 Å².